The van der Waals surface area contributed by atoms with E-state index in [2.05, 4.69) is 36.0 Å². The fourth-order valence-corrected chi connectivity index (χ4v) is 2.14. The van der Waals surface area contributed by atoms with Gasteiger partial charge in [-0.3, -0.25) is 9.48 Å². The molecule has 0 aromatic carbocycles. The Balaban J connectivity index is 2.15. The quantitative estimate of drug-likeness (QED) is 0.735. The summed E-state index contributed by atoms with van der Waals surface area (Å²) in [6.45, 7) is 8.10. The molecule has 20 heavy (non-hydrogen) atoms. The minimum atomic E-state index is -0.138. The smallest absolute Gasteiger partial charge is 0.274 e. The van der Waals surface area contributed by atoms with Gasteiger partial charge in [0.1, 0.15) is 5.52 Å². The molecule has 6 heteroatoms. The van der Waals surface area contributed by atoms with Gasteiger partial charge >= 0.3 is 0 Å². The Bertz CT molecular complexity index is 831. The number of aromatic amines is 1. The van der Waals surface area contributed by atoms with Gasteiger partial charge in [0.15, 0.2) is 0 Å². The standard InChI is InChI=1S/C14H17N5O/c1-9-5-15-18-8-11(17-13(20)12(9)18)10-6-16-19(7-10)14(2,3)4/h5-8H,1-4H3,(H,17,20). The highest BCUT2D eigenvalue weighted by Crippen LogP contribution is 2.20. The molecule has 3 rings (SSSR count). The Hall–Kier alpha value is -2.37. The second-order valence-electron chi connectivity index (χ2n) is 5.96. The molecule has 0 aliphatic rings. The third kappa shape index (κ3) is 1.93. The molecule has 1 N–H and O–H groups in total. The number of hydrogen-bond acceptors (Lipinski definition) is 3. The number of hydrogen-bond donors (Lipinski definition) is 1. The largest absolute Gasteiger partial charge is 0.319 e. The summed E-state index contributed by atoms with van der Waals surface area (Å²) in [5.41, 5.74) is 2.79. The minimum absolute atomic E-state index is 0.0923. The first kappa shape index (κ1) is 12.7. The van der Waals surface area contributed by atoms with Crippen molar-refractivity contribution in [1.29, 1.82) is 0 Å². The van der Waals surface area contributed by atoms with Gasteiger partial charge in [-0.2, -0.15) is 10.2 Å². The molecule has 3 aromatic heterocycles. The van der Waals surface area contributed by atoms with Crippen LogP contribution >= 0.6 is 0 Å². The second-order valence-corrected chi connectivity index (χ2v) is 5.96. The van der Waals surface area contributed by atoms with Crippen LogP contribution in [0.1, 0.15) is 26.3 Å². The van der Waals surface area contributed by atoms with Crippen LogP contribution in [0.4, 0.5) is 0 Å². The van der Waals surface area contributed by atoms with Crippen molar-refractivity contribution in [3.05, 3.63) is 40.7 Å². The van der Waals surface area contributed by atoms with E-state index in [0.29, 0.717) is 11.2 Å². The summed E-state index contributed by atoms with van der Waals surface area (Å²) in [5, 5.41) is 8.53. The highest BCUT2D eigenvalue weighted by molar-refractivity contribution is 5.60. The maximum Gasteiger partial charge on any atom is 0.274 e. The van der Waals surface area contributed by atoms with Gasteiger partial charge in [0.25, 0.3) is 5.56 Å². The third-order valence-corrected chi connectivity index (χ3v) is 3.27. The summed E-state index contributed by atoms with van der Waals surface area (Å²) in [6, 6.07) is 0. The number of fused-ring (bicyclic) bond motifs is 1. The lowest BCUT2D eigenvalue weighted by molar-refractivity contribution is 0.355. The van der Waals surface area contributed by atoms with Crippen LogP contribution in [0, 0.1) is 6.92 Å². The molecular formula is C14H17N5O. The van der Waals surface area contributed by atoms with Crippen molar-refractivity contribution in [2.24, 2.45) is 0 Å². The van der Waals surface area contributed by atoms with Crippen molar-refractivity contribution in [3.63, 3.8) is 0 Å². The van der Waals surface area contributed by atoms with Crippen LogP contribution in [-0.2, 0) is 5.54 Å². The van der Waals surface area contributed by atoms with E-state index in [4.69, 9.17) is 0 Å². The van der Waals surface area contributed by atoms with E-state index in [1.54, 1.807) is 16.9 Å². The molecule has 0 saturated carbocycles. The van der Waals surface area contributed by atoms with Crippen LogP contribution in [0.3, 0.4) is 0 Å². The molecule has 0 saturated heterocycles. The van der Waals surface area contributed by atoms with Crippen molar-refractivity contribution >= 4 is 5.52 Å². The van der Waals surface area contributed by atoms with Gasteiger partial charge in [-0.05, 0) is 27.7 Å². The fourth-order valence-electron chi connectivity index (χ4n) is 2.14. The number of aryl methyl sites for hydroxylation is 1. The summed E-state index contributed by atoms with van der Waals surface area (Å²) in [7, 11) is 0. The predicted molar refractivity (Wildman–Crippen MR) is 76.8 cm³/mol. The Morgan fingerprint density at radius 1 is 1.15 bits per heavy atom. The molecule has 3 heterocycles. The SMILES string of the molecule is Cc1cnn2cc(-c3cnn(C(C)(C)C)c3)[nH]c(=O)c12. The van der Waals surface area contributed by atoms with Crippen molar-refractivity contribution in [2.75, 3.05) is 0 Å². The highest BCUT2D eigenvalue weighted by Gasteiger charge is 2.15. The number of nitrogens with zero attached hydrogens (tertiary/aromatic N) is 4. The predicted octanol–water partition coefficient (Wildman–Crippen LogP) is 1.95. The zero-order chi connectivity index (χ0) is 14.5. The molecule has 104 valence electrons. The van der Waals surface area contributed by atoms with Crippen molar-refractivity contribution in [1.82, 2.24) is 24.4 Å². The van der Waals surface area contributed by atoms with Crippen LogP contribution in [-0.4, -0.2) is 24.4 Å². The van der Waals surface area contributed by atoms with Gasteiger partial charge in [-0.1, -0.05) is 0 Å². The van der Waals surface area contributed by atoms with Gasteiger partial charge in [0.05, 0.1) is 29.8 Å². The Morgan fingerprint density at radius 2 is 1.90 bits per heavy atom. The van der Waals surface area contributed by atoms with Crippen LogP contribution in [0.5, 0.6) is 0 Å². The van der Waals surface area contributed by atoms with Crippen LogP contribution in [0.2, 0.25) is 0 Å². The zero-order valence-electron chi connectivity index (χ0n) is 12.0. The van der Waals surface area contributed by atoms with E-state index in [-0.39, 0.29) is 11.1 Å². The number of nitrogens with one attached hydrogen (secondary N) is 1. The minimum Gasteiger partial charge on any atom is -0.319 e. The Kier molecular flexibility index (Phi) is 2.57. The summed E-state index contributed by atoms with van der Waals surface area (Å²) < 4.78 is 3.48. The monoisotopic (exact) mass is 271 g/mol. The molecule has 0 amide bonds. The summed E-state index contributed by atoms with van der Waals surface area (Å²) in [4.78, 5) is 15.0. The molecule has 0 radical (unpaired) electrons. The maximum absolute atomic E-state index is 12.1. The molecule has 0 aliphatic heterocycles. The Morgan fingerprint density at radius 3 is 2.55 bits per heavy atom. The van der Waals surface area contributed by atoms with Gasteiger partial charge in [0.2, 0.25) is 0 Å². The molecule has 0 aliphatic carbocycles. The molecule has 6 nitrogen and oxygen atoms in total. The van der Waals surface area contributed by atoms with E-state index < -0.39 is 0 Å². The summed E-state index contributed by atoms with van der Waals surface area (Å²) in [6.07, 6.45) is 7.17. The lowest BCUT2D eigenvalue weighted by Crippen LogP contribution is -2.21. The molecule has 0 spiro atoms. The van der Waals surface area contributed by atoms with Gasteiger partial charge in [0, 0.05) is 17.3 Å². The molecule has 3 aromatic rings. The van der Waals surface area contributed by atoms with E-state index in [1.807, 2.05) is 24.0 Å². The zero-order valence-corrected chi connectivity index (χ0v) is 12.0. The molecule has 0 fully saturated rings. The van der Waals surface area contributed by atoms with E-state index in [9.17, 15) is 4.79 Å². The molecule has 0 atom stereocenters. The molecule has 0 bridgehead atoms. The van der Waals surface area contributed by atoms with Gasteiger partial charge in [-0.25, -0.2) is 4.52 Å². The lowest BCUT2D eigenvalue weighted by Gasteiger charge is -2.18. The maximum atomic E-state index is 12.1. The van der Waals surface area contributed by atoms with Crippen LogP contribution in [0.15, 0.2) is 29.6 Å². The van der Waals surface area contributed by atoms with Gasteiger partial charge in [-0.15, -0.1) is 0 Å². The number of aromatic nitrogens is 5. The van der Waals surface area contributed by atoms with Crippen molar-refractivity contribution < 1.29 is 0 Å². The molecular weight excluding hydrogens is 254 g/mol. The normalized spacial score (nSPS) is 12.2. The third-order valence-electron chi connectivity index (χ3n) is 3.27. The fraction of sp³-hybridized carbons (Fsp3) is 0.357. The first-order valence-corrected chi connectivity index (χ1v) is 6.49. The Labute approximate surface area is 116 Å². The number of rotatable bonds is 1. The molecule has 0 unspecified atom stereocenters. The summed E-state index contributed by atoms with van der Waals surface area (Å²) >= 11 is 0. The highest BCUT2D eigenvalue weighted by atomic mass is 16.1. The van der Waals surface area contributed by atoms with Crippen LogP contribution < -0.4 is 5.56 Å². The van der Waals surface area contributed by atoms with Gasteiger partial charge < -0.3 is 4.98 Å². The number of H-pyrrole nitrogens is 1. The summed E-state index contributed by atoms with van der Waals surface area (Å²) in [5.74, 6) is 0. The van der Waals surface area contributed by atoms with E-state index in [1.165, 1.54) is 0 Å². The van der Waals surface area contributed by atoms with Crippen molar-refractivity contribution in [3.8, 4) is 11.3 Å². The average molecular weight is 271 g/mol. The average Bonchev–Trinajstić information content (AvgIpc) is 2.95. The second kappa shape index (κ2) is 4.06. The first-order chi connectivity index (χ1) is 9.36. The van der Waals surface area contributed by atoms with Crippen LogP contribution in [0.25, 0.3) is 16.8 Å². The van der Waals surface area contributed by atoms with E-state index in [0.717, 1.165) is 11.1 Å². The topological polar surface area (TPSA) is 68.0 Å². The first-order valence-electron chi connectivity index (χ1n) is 6.49. The van der Waals surface area contributed by atoms with E-state index >= 15 is 0 Å². The lowest BCUT2D eigenvalue weighted by atomic mass is 10.1. The van der Waals surface area contributed by atoms with Crippen molar-refractivity contribution in [2.45, 2.75) is 33.2 Å².